The summed E-state index contributed by atoms with van der Waals surface area (Å²) >= 11 is 0. The highest BCUT2D eigenvalue weighted by atomic mass is 19.4. The maximum Gasteiger partial charge on any atom is 0.416 e. The van der Waals surface area contributed by atoms with E-state index in [1.165, 1.54) is 18.2 Å². The van der Waals surface area contributed by atoms with E-state index in [2.05, 4.69) is 0 Å². The van der Waals surface area contributed by atoms with Crippen molar-refractivity contribution >= 4 is 11.9 Å². The number of rotatable bonds is 3. The van der Waals surface area contributed by atoms with Gasteiger partial charge in [-0.25, -0.2) is 8.78 Å². The van der Waals surface area contributed by atoms with E-state index in [-0.39, 0.29) is 5.56 Å². The van der Waals surface area contributed by atoms with Crippen molar-refractivity contribution in [2.24, 2.45) is 0 Å². The van der Waals surface area contributed by atoms with Crippen LogP contribution in [-0.2, 0) is 6.18 Å². The van der Waals surface area contributed by atoms with Gasteiger partial charge in [-0.3, -0.25) is 4.79 Å². The zero-order chi connectivity index (χ0) is 16.3. The fraction of sp³-hybridized carbons (Fsp3) is 0.0625. The van der Waals surface area contributed by atoms with Crippen LogP contribution < -0.4 is 0 Å². The van der Waals surface area contributed by atoms with Gasteiger partial charge in [0.25, 0.3) is 0 Å². The Morgan fingerprint density at radius 2 is 1.68 bits per heavy atom. The number of hydrogen-bond donors (Lipinski definition) is 0. The Morgan fingerprint density at radius 3 is 2.36 bits per heavy atom. The average Bonchev–Trinajstić information content (AvgIpc) is 2.46. The minimum Gasteiger partial charge on any atom is -0.289 e. The Bertz CT molecular complexity index is 732. The number of benzene rings is 2. The molecule has 0 aliphatic rings. The average molecular weight is 312 g/mol. The molecular formula is C16H9F5O. The van der Waals surface area contributed by atoms with E-state index in [4.69, 9.17) is 0 Å². The second kappa shape index (κ2) is 6.09. The number of carbonyl (C=O) groups is 1. The van der Waals surface area contributed by atoms with E-state index in [9.17, 15) is 26.7 Å². The molecule has 0 atom stereocenters. The Hall–Kier alpha value is -2.50. The molecule has 0 spiro atoms. The molecule has 2 aromatic rings. The van der Waals surface area contributed by atoms with Gasteiger partial charge in [-0.15, -0.1) is 0 Å². The predicted molar refractivity (Wildman–Crippen MR) is 71.2 cm³/mol. The molecule has 114 valence electrons. The van der Waals surface area contributed by atoms with Crippen LogP contribution in [0.5, 0.6) is 0 Å². The van der Waals surface area contributed by atoms with Gasteiger partial charge >= 0.3 is 6.18 Å². The summed E-state index contributed by atoms with van der Waals surface area (Å²) in [5.74, 6) is -2.68. The first-order chi connectivity index (χ1) is 10.3. The molecule has 0 amide bonds. The van der Waals surface area contributed by atoms with E-state index < -0.39 is 34.7 Å². The predicted octanol–water partition coefficient (Wildman–Crippen LogP) is 4.88. The van der Waals surface area contributed by atoms with E-state index in [0.717, 1.165) is 30.4 Å². The molecule has 0 bridgehead atoms. The fourth-order valence-corrected chi connectivity index (χ4v) is 1.84. The number of hydrogen-bond acceptors (Lipinski definition) is 1. The molecule has 0 saturated heterocycles. The normalized spacial score (nSPS) is 11.9. The smallest absolute Gasteiger partial charge is 0.289 e. The van der Waals surface area contributed by atoms with Crippen molar-refractivity contribution in [1.82, 2.24) is 0 Å². The summed E-state index contributed by atoms with van der Waals surface area (Å²) in [5, 5.41) is 0. The topological polar surface area (TPSA) is 17.1 Å². The van der Waals surface area contributed by atoms with Crippen molar-refractivity contribution in [1.29, 1.82) is 0 Å². The Balaban J connectivity index is 2.33. The molecule has 0 unspecified atom stereocenters. The molecule has 0 aliphatic carbocycles. The van der Waals surface area contributed by atoms with Gasteiger partial charge in [0.1, 0.15) is 11.6 Å². The SMILES string of the molecule is O=C(/C=C/c1ccccc1C(F)(F)F)c1cc(F)ccc1F. The van der Waals surface area contributed by atoms with Crippen molar-refractivity contribution in [2.75, 3.05) is 0 Å². The summed E-state index contributed by atoms with van der Waals surface area (Å²) in [6, 6.07) is 6.95. The highest BCUT2D eigenvalue weighted by Gasteiger charge is 2.32. The number of carbonyl (C=O) groups excluding carboxylic acids is 1. The van der Waals surface area contributed by atoms with Gasteiger partial charge in [-0.05, 0) is 35.9 Å². The maximum atomic E-state index is 13.4. The summed E-state index contributed by atoms with van der Waals surface area (Å²) in [6.45, 7) is 0. The van der Waals surface area contributed by atoms with Crippen molar-refractivity contribution in [3.8, 4) is 0 Å². The van der Waals surface area contributed by atoms with Gasteiger partial charge in [0, 0.05) is 0 Å². The summed E-state index contributed by atoms with van der Waals surface area (Å²) in [7, 11) is 0. The maximum absolute atomic E-state index is 13.4. The molecule has 1 nitrogen and oxygen atoms in total. The molecule has 0 saturated carbocycles. The number of alkyl halides is 3. The molecule has 0 aromatic heterocycles. The van der Waals surface area contributed by atoms with Crippen LogP contribution in [0.15, 0.2) is 48.5 Å². The zero-order valence-corrected chi connectivity index (χ0v) is 11.0. The van der Waals surface area contributed by atoms with Crippen LogP contribution in [0.1, 0.15) is 21.5 Å². The second-order valence-corrected chi connectivity index (χ2v) is 4.41. The van der Waals surface area contributed by atoms with Gasteiger partial charge < -0.3 is 0 Å². The first-order valence-electron chi connectivity index (χ1n) is 6.13. The third kappa shape index (κ3) is 3.58. The minimum atomic E-state index is -4.58. The van der Waals surface area contributed by atoms with Gasteiger partial charge in [0.05, 0.1) is 11.1 Å². The molecule has 0 heterocycles. The molecule has 22 heavy (non-hydrogen) atoms. The quantitative estimate of drug-likeness (QED) is 0.448. The van der Waals surface area contributed by atoms with Gasteiger partial charge in [0.15, 0.2) is 5.78 Å². The molecule has 0 aliphatic heterocycles. The van der Waals surface area contributed by atoms with Crippen LogP contribution in [0, 0.1) is 11.6 Å². The van der Waals surface area contributed by atoms with Crippen LogP contribution in [0.25, 0.3) is 6.08 Å². The van der Waals surface area contributed by atoms with E-state index in [1.807, 2.05) is 0 Å². The third-order valence-corrected chi connectivity index (χ3v) is 2.87. The zero-order valence-electron chi connectivity index (χ0n) is 11.0. The first kappa shape index (κ1) is 15.9. The summed E-state index contributed by atoms with van der Waals surface area (Å²) in [6.07, 6.45) is -2.87. The standard InChI is InChI=1S/C16H9F5O/c17-11-6-7-14(18)12(9-11)15(22)8-5-10-3-1-2-4-13(10)16(19,20)21/h1-9H/b8-5+. The Kier molecular flexibility index (Phi) is 4.40. The molecule has 2 rings (SSSR count). The largest absolute Gasteiger partial charge is 0.416 e. The van der Waals surface area contributed by atoms with Crippen LogP contribution >= 0.6 is 0 Å². The lowest BCUT2D eigenvalue weighted by Gasteiger charge is -2.09. The first-order valence-corrected chi connectivity index (χ1v) is 6.13. The summed E-state index contributed by atoms with van der Waals surface area (Å²) in [5.41, 5.74) is -1.69. The molecule has 0 radical (unpaired) electrons. The lowest BCUT2D eigenvalue weighted by molar-refractivity contribution is -0.137. The van der Waals surface area contributed by atoms with Crippen molar-refractivity contribution in [3.05, 3.63) is 76.9 Å². The second-order valence-electron chi connectivity index (χ2n) is 4.41. The number of allylic oxidation sites excluding steroid dienone is 1. The minimum absolute atomic E-state index is 0.236. The van der Waals surface area contributed by atoms with Crippen LogP contribution in [0.2, 0.25) is 0 Å². The van der Waals surface area contributed by atoms with Crippen LogP contribution in [0.4, 0.5) is 22.0 Å². The summed E-state index contributed by atoms with van der Waals surface area (Å²) < 4.78 is 64.8. The van der Waals surface area contributed by atoms with Crippen molar-refractivity contribution in [3.63, 3.8) is 0 Å². The lowest BCUT2D eigenvalue weighted by atomic mass is 10.0. The van der Waals surface area contributed by atoms with Crippen LogP contribution in [0.3, 0.4) is 0 Å². The molecule has 0 N–H and O–H groups in total. The van der Waals surface area contributed by atoms with Crippen molar-refractivity contribution < 1.29 is 26.7 Å². The molecular weight excluding hydrogens is 303 g/mol. The van der Waals surface area contributed by atoms with Gasteiger partial charge in [-0.1, -0.05) is 24.3 Å². The monoisotopic (exact) mass is 312 g/mol. The Labute approximate surface area is 122 Å². The van der Waals surface area contributed by atoms with Gasteiger partial charge in [-0.2, -0.15) is 13.2 Å². The van der Waals surface area contributed by atoms with Gasteiger partial charge in [0.2, 0.25) is 0 Å². The Morgan fingerprint density at radius 1 is 1.00 bits per heavy atom. The third-order valence-electron chi connectivity index (χ3n) is 2.87. The van der Waals surface area contributed by atoms with Crippen LogP contribution in [-0.4, -0.2) is 5.78 Å². The summed E-state index contributed by atoms with van der Waals surface area (Å²) in [4.78, 5) is 11.8. The molecule has 2 aromatic carbocycles. The fourth-order valence-electron chi connectivity index (χ4n) is 1.84. The highest BCUT2D eigenvalue weighted by Crippen LogP contribution is 2.32. The van der Waals surface area contributed by atoms with Crippen molar-refractivity contribution in [2.45, 2.75) is 6.18 Å². The molecule has 6 heteroatoms. The molecule has 0 fully saturated rings. The van der Waals surface area contributed by atoms with E-state index in [0.29, 0.717) is 6.07 Å². The number of ketones is 1. The van der Waals surface area contributed by atoms with E-state index in [1.54, 1.807) is 0 Å². The van der Waals surface area contributed by atoms with E-state index >= 15 is 0 Å². The lowest BCUT2D eigenvalue weighted by Crippen LogP contribution is -2.07. The highest BCUT2D eigenvalue weighted by molar-refractivity contribution is 6.07. The number of halogens is 5.